The summed E-state index contributed by atoms with van der Waals surface area (Å²) in [6.45, 7) is 5.07. The minimum atomic E-state index is -0.0316. The number of anilines is 3. The normalized spacial score (nSPS) is 14.4. The zero-order valence-corrected chi connectivity index (χ0v) is 16.0. The number of nitrogens with one attached hydrogen (secondary N) is 2. The van der Waals surface area contributed by atoms with E-state index < -0.39 is 0 Å². The van der Waals surface area contributed by atoms with Gasteiger partial charge in [0.15, 0.2) is 4.34 Å². The van der Waals surface area contributed by atoms with Crippen molar-refractivity contribution in [1.29, 1.82) is 0 Å². The lowest BCUT2D eigenvalue weighted by Gasteiger charge is -2.28. The molecular weight excluding hydrogens is 354 g/mol. The lowest BCUT2D eigenvalue weighted by Crippen LogP contribution is -2.29. The molecule has 0 spiro atoms. The number of nitrogens with zero attached hydrogens (tertiary/aromatic N) is 3. The second-order valence-corrected chi connectivity index (χ2v) is 8.03. The summed E-state index contributed by atoms with van der Waals surface area (Å²) >= 11 is 2.87. The van der Waals surface area contributed by atoms with Crippen LogP contribution in [-0.2, 0) is 4.79 Å². The van der Waals surface area contributed by atoms with Crippen LogP contribution in [0.25, 0.3) is 0 Å². The fraction of sp³-hybridized carbons (Fsp3) is 0.471. The molecule has 1 amide bonds. The molecule has 1 aromatic carbocycles. The number of benzene rings is 1. The van der Waals surface area contributed by atoms with Crippen LogP contribution in [0.4, 0.5) is 16.5 Å². The molecule has 1 aliphatic rings. The third-order valence-corrected chi connectivity index (χ3v) is 5.95. The first kappa shape index (κ1) is 18.0. The van der Waals surface area contributed by atoms with Crippen LogP contribution in [-0.4, -0.2) is 41.5 Å². The highest BCUT2D eigenvalue weighted by Crippen LogP contribution is 2.26. The summed E-state index contributed by atoms with van der Waals surface area (Å²) in [5.74, 6) is 0.296. The van der Waals surface area contributed by atoms with Crippen molar-refractivity contribution in [3.8, 4) is 0 Å². The summed E-state index contributed by atoms with van der Waals surface area (Å²) < 4.78 is 0.798. The molecular formula is C17H23N5OS2. The maximum atomic E-state index is 12.1. The number of thioether (sulfide) groups is 1. The van der Waals surface area contributed by atoms with Crippen molar-refractivity contribution in [2.45, 2.75) is 30.5 Å². The molecule has 2 N–H and O–H groups in total. The van der Waals surface area contributed by atoms with Crippen LogP contribution in [0.15, 0.2) is 28.6 Å². The molecule has 8 heteroatoms. The molecule has 1 saturated heterocycles. The quantitative estimate of drug-likeness (QED) is 0.717. The molecule has 0 aliphatic carbocycles. The van der Waals surface area contributed by atoms with Gasteiger partial charge < -0.3 is 15.5 Å². The fourth-order valence-corrected chi connectivity index (χ4v) is 4.34. The van der Waals surface area contributed by atoms with Crippen molar-refractivity contribution < 1.29 is 4.79 Å². The van der Waals surface area contributed by atoms with Gasteiger partial charge in [-0.2, -0.15) is 0 Å². The van der Waals surface area contributed by atoms with Gasteiger partial charge in [0.2, 0.25) is 11.0 Å². The molecule has 0 radical (unpaired) electrons. The largest absolute Gasteiger partial charge is 0.372 e. The smallest absolute Gasteiger partial charge is 0.234 e. The van der Waals surface area contributed by atoms with E-state index >= 15 is 0 Å². The Morgan fingerprint density at radius 3 is 2.68 bits per heavy atom. The Balaban J connectivity index is 1.47. The molecule has 3 rings (SSSR count). The Hall–Kier alpha value is -1.80. The van der Waals surface area contributed by atoms with E-state index in [-0.39, 0.29) is 5.91 Å². The standard InChI is InChI=1S/C17H23N5OS2/c1-2-18-16-20-21-17(25-16)24-12-15(23)19-13-6-8-14(9-7-13)22-10-4-3-5-11-22/h6-9H,2-5,10-12H2,1H3,(H,18,20)(H,19,23). The predicted octanol–water partition coefficient (Wildman–Crippen LogP) is 3.69. The van der Waals surface area contributed by atoms with Gasteiger partial charge in [-0.25, -0.2) is 0 Å². The Morgan fingerprint density at radius 1 is 1.20 bits per heavy atom. The van der Waals surface area contributed by atoms with Crippen LogP contribution >= 0.6 is 23.1 Å². The van der Waals surface area contributed by atoms with E-state index in [1.807, 2.05) is 19.1 Å². The summed E-state index contributed by atoms with van der Waals surface area (Å²) in [4.78, 5) is 14.5. The number of amides is 1. The highest BCUT2D eigenvalue weighted by atomic mass is 32.2. The lowest BCUT2D eigenvalue weighted by atomic mass is 10.1. The first-order chi connectivity index (χ1) is 12.2. The molecule has 1 aromatic heterocycles. The van der Waals surface area contributed by atoms with Crippen molar-refractivity contribution in [3.05, 3.63) is 24.3 Å². The van der Waals surface area contributed by atoms with Gasteiger partial charge in [0.05, 0.1) is 5.75 Å². The maximum absolute atomic E-state index is 12.1. The SMILES string of the molecule is CCNc1nnc(SCC(=O)Nc2ccc(N3CCCCC3)cc2)s1. The van der Waals surface area contributed by atoms with Crippen molar-refractivity contribution in [2.24, 2.45) is 0 Å². The van der Waals surface area contributed by atoms with Crippen molar-refractivity contribution in [2.75, 3.05) is 40.9 Å². The van der Waals surface area contributed by atoms with Gasteiger partial charge in [0.25, 0.3) is 0 Å². The Bertz CT molecular complexity index is 683. The summed E-state index contributed by atoms with van der Waals surface area (Å²) in [5, 5.41) is 14.9. The first-order valence-electron chi connectivity index (χ1n) is 8.59. The van der Waals surface area contributed by atoms with Gasteiger partial charge in [0, 0.05) is 31.0 Å². The summed E-state index contributed by atoms with van der Waals surface area (Å²) in [7, 11) is 0. The van der Waals surface area contributed by atoms with Crippen LogP contribution in [0, 0.1) is 0 Å². The van der Waals surface area contributed by atoms with E-state index in [1.54, 1.807) is 0 Å². The third-order valence-electron chi connectivity index (χ3n) is 3.93. The van der Waals surface area contributed by atoms with Crippen LogP contribution in [0.2, 0.25) is 0 Å². The fourth-order valence-electron chi connectivity index (χ4n) is 2.72. The molecule has 6 nitrogen and oxygen atoms in total. The van der Waals surface area contributed by atoms with Gasteiger partial charge in [-0.15, -0.1) is 10.2 Å². The number of rotatable bonds is 7. The zero-order chi connectivity index (χ0) is 17.5. The summed E-state index contributed by atoms with van der Waals surface area (Å²) in [6.07, 6.45) is 3.85. The Morgan fingerprint density at radius 2 is 1.96 bits per heavy atom. The van der Waals surface area contributed by atoms with Crippen LogP contribution in [0.1, 0.15) is 26.2 Å². The first-order valence-corrected chi connectivity index (χ1v) is 10.4. The number of piperidine rings is 1. The number of hydrogen-bond acceptors (Lipinski definition) is 7. The van der Waals surface area contributed by atoms with Crippen LogP contribution < -0.4 is 15.5 Å². The van der Waals surface area contributed by atoms with Crippen molar-refractivity contribution in [3.63, 3.8) is 0 Å². The van der Waals surface area contributed by atoms with Gasteiger partial charge in [0.1, 0.15) is 0 Å². The Kier molecular flexibility index (Phi) is 6.52. The molecule has 1 fully saturated rings. The van der Waals surface area contributed by atoms with Gasteiger partial charge in [-0.3, -0.25) is 4.79 Å². The molecule has 2 heterocycles. The van der Waals surface area contributed by atoms with Gasteiger partial charge >= 0.3 is 0 Å². The van der Waals surface area contributed by atoms with Gasteiger partial charge in [-0.1, -0.05) is 23.1 Å². The second kappa shape index (κ2) is 9.05. The van der Waals surface area contributed by atoms with E-state index in [0.717, 1.165) is 34.8 Å². The maximum Gasteiger partial charge on any atom is 0.234 e. The van der Waals surface area contributed by atoms with Crippen LogP contribution in [0.5, 0.6) is 0 Å². The van der Waals surface area contributed by atoms with E-state index in [1.165, 1.54) is 48.0 Å². The topological polar surface area (TPSA) is 70.1 Å². The highest BCUT2D eigenvalue weighted by Gasteiger charge is 2.11. The predicted molar refractivity (Wildman–Crippen MR) is 106 cm³/mol. The average molecular weight is 378 g/mol. The van der Waals surface area contributed by atoms with E-state index in [9.17, 15) is 4.79 Å². The molecule has 0 unspecified atom stereocenters. The van der Waals surface area contributed by atoms with E-state index in [2.05, 4.69) is 37.9 Å². The minimum absolute atomic E-state index is 0.0316. The number of hydrogen-bond donors (Lipinski definition) is 2. The van der Waals surface area contributed by atoms with Crippen molar-refractivity contribution in [1.82, 2.24) is 10.2 Å². The average Bonchev–Trinajstić information content (AvgIpc) is 3.09. The molecule has 2 aromatic rings. The number of carbonyl (C=O) groups is 1. The highest BCUT2D eigenvalue weighted by molar-refractivity contribution is 8.01. The monoisotopic (exact) mass is 377 g/mol. The molecule has 1 aliphatic heterocycles. The molecule has 134 valence electrons. The minimum Gasteiger partial charge on any atom is -0.372 e. The molecule has 25 heavy (non-hydrogen) atoms. The van der Waals surface area contributed by atoms with Gasteiger partial charge in [-0.05, 0) is 50.5 Å². The second-order valence-electron chi connectivity index (χ2n) is 5.83. The number of aromatic nitrogens is 2. The number of carbonyl (C=O) groups excluding carboxylic acids is 1. The molecule has 0 bridgehead atoms. The Labute approximate surface area is 156 Å². The third kappa shape index (κ3) is 5.34. The summed E-state index contributed by atoms with van der Waals surface area (Å²) in [6, 6.07) is 8.12. The van der Waals surface area contributed by atoms with E-state index in [0.29, 0.717) is 5.75 Å². The van der Waals surface area contributed by atoms with Crippen LogP contribution in [0.3, 0.4) is 0 Å². The lowest BCUT2D eigenvalue weighted by molar-refractivity contribution is -0.113. The molecule has 0 saturated carbocycles. The molecule has 0 atom stereocenters. The van der Waals surface area contributed by atoms with E-state index in [4.69, 9.17) is 0 Å². The van der Waals surface area contributed by atoms with Crippen molar-refractivity contribution >= 4 is 45.5 Å². The zero-order valence-electron chi connectivity index (χ0n) is 14.3. The summed E-state index contributed by atoms with van der Waals surface area (Å²) in [5.41, 5.74) is 2.06.